The van der Waals surface area contributed by atoms with E-state index in [1.807, 2.05) is 26.0 Å². The molecular formula is C22H25NO4. The van der Waals surface area contributed by atoms with Crippen molar-refractivity contribution in [2.24, 2.45) is 0 Å². The van der Waals surface area contributed by atoms with Crippen LogP contribution in [0.4, 0.5) is 5.69 Å². The molecule has 0 aromatic heterocycles. The minimum Gasteiger partial charge on any atom is -0.494 e. The summed E-state index contributed by atoms with van der Waals surface area (Å²) in [5.74, 6) is -0.0155. The van der Waals surface area contributed by atoms with Gasteiger partial charge in [-0.05, 0) is 43.7 Å². The van der Waals surface area contributed by atoms with E-state index in [0.29, 0.717) is 35.7 Å². The van der Waals surface area contributed by atoms with Crippen molar-refractivity contribution in [1.82, 2.24) is 0 Å². The number of ether oxygens (including phenoxy) is 1. The molecule has 3 rings (SSSR count). The number of amides is 1. The zero-order valence-electron chi connectivity index (χ0n) is 15.8. The Hall–Kier alpha value is -2.66. The molecule has 0 fully saturated rings. The Morgan fingerprint density at radius 3 is 2.48 bits per heavy atom. The van der Waals surface area contributed by atoms with Gasteiger partial charge in [0.25, 0.3) is 5.91 Å². The molecule has 5 nitrogen and oxygen atoms in total. The van der Waals surface area contributed by atoms with Crippen molar-refractivity contribution < 1.29 is 19.4 Å². The zero-order valence-corrected chi connectivity index (χ0v) is 15.8. The van der Waals surface area contributed by atoms with E-state index in [1.165, 1.54) is 0 Å². The molecule has 0 bridgehead atoms. The fourth-order valence-electron chi connectivity index (χ4n) is 3.45. The highest BCUT2D eigenvalue weighted by Crippen LogP contribution is 2.42. The van der Waals surface area contributed by atoms with E-state index >= 15 is 0 Å². The first-order valence-corrected chi connectivity index (χ1v) is 9.41. The summed E-state index contributed by atoms with van der Waals surface area (Å²) in [6, 6.07) is 13.9. The molecule has 1 atom stereocenters. The summed E-state index contributed by atoms with van der Waals surface area (Å²) >= 11 is 0. The van der Waals surface area contributed by atoms with Crippen LogP contribution in [0.5, 0.6) is 5.75 Å². The van der Waals surface area contributed by atoms with Gasteiger partial charge in [-0.25, -0.2) is 0 Å². The lowest BCUT2D eigenvalue weighted by molar-refractivity contribution is -0.135. The SMILES string of the molecule is CCCCN1C(=O)[C@](O)(CC(=O)c2ccc(OCC)cc2)c2ccccc21. The second kappa shape index (κ2) is 7.92. The monoisotopic (exact) mass is 367 g/mol. The number of carbonyl (C=O) groups is 2. The van der Waals surface area contributed by atoms with Crippen LogP contribution < -0.4 is 9.64 Å². The van der Waals surface area contributed by atoms with Crippen molar-refractivity contribution in [2.45, 2.75) is 38.7 Å². The number of fused-ring (bicyclic) bond motifs is 1. The average molecular weight is 367 g/mol. The lowest BCUT2D eigenvalue weighted by atomic mass is 9.88. The van der Waals surface area contributed by atoms with Gasteiger partial charge in [-0.3, -0.25) is 9.59 Å². The molecule has 0 unspecified atom stereocenters. The molecule has 1 N–H and O–H groups in total. The van der Waals surface area contributed by atoms with Gasteiger partial charge in [0.1, 0.15) is 5.75 Å². The maximum atomic E-state index is 13.0. The molecule has 5 heteroatoms. The lowest BCUT2D eigenvalue weighted by Crippen LogP contribution is -2.42. The predicted octanol–water partition coefficient (Wildman–Crippen LogP) is 3.69. The normalized spacial score (nSPS) is 18.5. The zero-order chi connectivity index (χ0) is 19.4. The van der Waals surface area contributed by atoms with E-state index in [1.54, 1.807) is 41.3 Å². The number of rotatable bonds is 8. The number of hydrogen-bond donors (Lipinski definition) is 1. The lowest BCUT2D eigenvalue weighted by Gasteiger charge is -2.22. The maximum absolute atomic E-state index is 13.0. The summed E-state index contributed by atoms with van der Waals surface area (Å²) in [6.07, 6.45) is 1.50. The third kappa shape index (κ3) is 3.60. The first-order valence-electron chi connectivity index (χ1n) is 9.41. The van der Waals surface area contributed by atoms with Crippen LogP contribution in [-0.2, 0) is 10.4 Å². The Morgan fingerprint density at radius 1 is 1.11 bits per heavy atom. The van der Waals surface area contributed by atoms with Gasteiger partial charge in [0, 0.05) is 17.7 Å². The molecular weight excluding hydrogens is 342 g/mol. The third-order valence-electron chi connectivity index (χ3n) is 4.88. The molecule has 0 spiro atoms. The Labute approximate surface area is 159 Å². The first kappa shape index (κ1) is 19.1. The second-order valence-electron chi connectivity index (χ2n) is 6.75. The molecule has 0 saturated heterocycles. The van der Waals surface area contributed by atoms with Crippen LogP contribution in [0.15, 0.2) is 48.5 Å². The highest BCUT2D eigenvalue weighted by molar-refractivity contribution is 6.10. The molecule has 27 heavy (non-hydrogen) atoms. The highest BCUT2D eigenvalue weighted by Gasteiger charge is 2.50. The van der Waals surface area contributed by atoms with Crippen LogP contribution in [-0.4, -0.2) is 29.9 Å². The number of benzene rings is 2. The molecule has 0 radical (unpaired) electrons. The van der Waals surface area contributed by atoms with E-state index < -0.39 is 11.5 Å². The number of para-hydroxylation sites is 1. The third-order valence-corrected chi connectivity index (χ3v) is 4.88. The van der Waals surface area contributed by atoms with E-state index in [-0.39, 0.29) is 12.2 Å². The quantitative estimate of drug-likeness (QED) is 0.723. The molecule has 1 aliphatic rings. The van der Waals surface area contributed by atoms with Gasteiger partial charge in [0.05, 0.1) is 18.7 Å². The fourth-order valence-corrected chi connectivity index (χ4v) is 3.45. The van der Waals surface area contributed by atoms with Crippen molar-refractivity contribution in [3.05, 3.63) is 59.7 Å². The Bertz CT molecular complexity index is 830. The van der Waals surface area contributed by atoms with E-state index in [9.17, 15) is 14.7 Å². The van der Waals surface area contributed by atoms with Gasteiger partial charge in [0.2, 0.25) is 0 Å². The van der Waals surface area contributed by atoms with Gasteiger partial charge in [-0.2, -0.15) is 0 Å². The highest BCUT2D eigenvalue weighted by atomic mass is 16.5. The minimum atomic E-state index is -1.82. The van der Waals surface area contributed by atoms with Crippen LogP contribution in [0.1, 0.15) is 49.0 Å². The molecule has 142 valence electrons. The number of anilines is 1. The van der Waals surface area contributed by atoms with Crippen molar-refractivity contribution in [1.29, 1.82) is 0 Å². The maximum Gasteiger partial charge on any atom is 0.264 e. The second-order valence-corrected chi connectivity index (χ2v) is 6.75. The molecule has 2 aromatic rings. The standard InChI is InChI=1S/C22H25NO4/c1-3-5-14-23-19-9-7-6-8-18(19)22(26,21(23)25)15-20(24)16-10-12-17(13-11-16)27-4-2/h6-13,26H,3-5,14-15H2,1-2H3/t22-/m0/s1. The smallest absolute Gasteiger partial charge is 0.264 e. The number of nitrogens with zero attached hydrogens (tertiary/aromatic N) is 1. The topological polar surface area (TPSA) is 66.8 Å². The number of hydrogen-bond acceptors (Lipinski definition) is 4. The van der Waals surface area contributed by atoms with Crippen LogP contribution in [0, 0.1) is 0 Å². The van der Waals surface area contributed by atoms with Gasteiger partial charge in [-0.15, -0.1) is 0 Å². The fraction of sp³-hybridized carbons (Fsp3) is 0.364. The Morgan fingerprint density at radius 2 is 1.81 bits per heavy atom. The van der Waals surface area contributed by atoms with Crippen LogP contribution in [0.3, 0.4) is 0 Å². The summed E-state index contributed by atoms with van der Waals surface area (Å²) in [5, 5.41) is 11.2. The van der Waals surface area contributed by atoms with E-state index in [2.05, 4.69) is 0 Å². The average Bonchev–Trinajstić information content (AvgIpc) is 2.88. The van der Waals surface area contributed by atoms with Crippen LogP contribution in [0.25, 0.3) is 0 Å². The number of aliphatic hydroxyl groups is 1. The Kier molecular flexibility index (Phi) is 5.61. The summed E-state index contributed by atoms with van der Waals surface area (Å²) in [7, 11) is 0. The summed E-state index contributed by atoms with van der Waals surface area (Å²) in [5.41, 5.74) is -0.174. The van der Waals surface area contributed by atoms with Gasteiger partial charge >= 0.3 is 0 Å². The molecule has 0 saturated carbocycles. The summed E-state index contributed by atoms with van der Waals surface area (Å²) in [6.45, 7) is 5.02. The largest absolute Gasteiger partial charge is 0.494 e. The summed E-state index contributed by atoms with van der Waals surface area (Å²) < 4.78 is 5.39. The molecule has 1 amide bonds. The first-order chi connectivity index (χ1) is 13.0. The molecule has 1 heterocycles. The number of ketones is 1. The summed E-state index contributed by atoms with van der Waals surface area (Å²) in [4.78, 5) is 27.4. The van der Waals surface area contributed by atoms with E-state index in [0.717, 1.165) is 12.8 Å². The van der Waals surface area contributed by atoms with Gasteiger partial charge < -0.3 is 14.7 Å². The van der Waals surface area contributed by atoms with Gasteiger partial charge in [-0.1, -0.05) is 31.5 Å². The number of carbonyl (C=O) groups excluding carboxylic acids is 2. The molecule has 2 aromatic carbocycles. The van der Waals surface area contributed by atoms with Gasteiger partial charge in [0.15, 0.2) is 11.4 Å². The van der Waals surface area contributed by atoms with Crippen molar-refractivity contribution >= 4 is 17.4 Å². The van der Waals surface area contributed by atoms with Crippen molar-refractivity contribution in [2.75, 3.05) is 18.1 Å². The van der Waals surface area contributed by atoms with Crippen LogP contribution >= 0.6 is 0 Å². The van der Waals surface area contributed by atoms with Crippen LogP contribution in [0.2, 0.25) is 0 Å². The van der Waals surface area contributed by atoms with Crippen molar-refractivity contribution in [3.8, 4) is 5.75 Å². The predicted molar refractivity (Wildman–Crippen MR) is 104 cm³/mol. The minimum absolute atomic E-state index is 0.277. The number of unbranched alkanes of at least 4 members (excludes halogenated alkanes) is 1. The Balaban J connectivity index is 1.86. The molecule has 1 aliphatic heterocycles. The number of Topliss-reactive ketones (excluding diaryl/α,β-unsaturated/α-hetero) is 1. The van der Waals surface area contributed by atoms with Crippen molar-refractivity contribution in [3.63, 3.8) is 0 Å². The molecule has 0 aliphatic carbocycles. The van der Waals surface area contributed by atoms with E-state index in [4.69, 9.17) is 4.74 Å².